The van der Waals surface area contributed by atoms with E-state index in [2.05, 4.69) is 30.9 Å². The van der Waals surface area contributed by atoms with E-state index < -0.39 is 17.8 Å². The first-order chi connectivity index (χ1) is 15.8. The van der Waals surface area contributed by atoms with Crippen LogP contribution in [0.1, 0.15) is 11.3 Å². The lowest BCUT2D eigenvalue weighted by Gasteiger charge is -2.09. The third-order valence-electron chi connectivity index (χ3n) is 4.32. The van der Waals surface area contributed by atoms with Crippen molar-refractivity contribution in [3.8, 4) is 11.1 Å². The zero-order chi connectivity index (χ0) is 23.4. The second kappa shape index (κ2) is 9.20. The summed E-state index contributed by atoms with van der Waals surface area (Å²) in [6, 6.07) is 7.03. The Morgan fingerprint density at radius 3 is 2.70 bits per heavy atom. The Hall–Kier alpha value is -4.06. The quantitative estimate of drug-likeness (QED) is 0.330. The van der Waals surface area contributed by atoms with Crippen molar-refractivity contribution in [2.45, 2.75) is 12.7 Å². The van der Waals surface area contributed by atoms with Crippen molar-refractivity contribution in [3.63, 3.8) is 0 Å². The minimum Gasteiger partial charge on any atom is -0.308 e. The van der Waals surface area contributed by atoms with Crippen molar-refractivity contribution in [2.24, 2.45) is 0 Å². The van der Waals surface area contributed by atoms with E-state index >= 15 is 0 Å². The van der Waals surface area contributed by atoms with E-state index in [9.17, 15) is 18.0 Å². The van der Waals surface area contributed by atoms with Crippen molar-refractivity contribution in [1.29, 1.82) is 0 Å². The number of carbonyl (C=O) groups excluding carboxylic acids is 1. The molecular weight excluding hydrogens is 463 g/mol. The molecule has 3 heterocycles. The third kappa shape index (κ3) is 5.60. The van der Waals surface area contributed by atoms with Gasteiger partial charge in [0.05, 0.1) is 5.56 Å². The SMILES string of the molecule is O=C(Nc1cccc(C(F)(F)F)c1)Nc1c[n+](Cc2ccc(-c3cncnc3Cl)cn2)no1. The van der Waals surface area contributed by atoms with Crippen LogP contribution in [0.25, 0.3) is 11.1 Å². The van der Waals surface area contributed by atoms with Gasteiger partial charge in [0.1, 0.15) is 17.2 Å². The van der Waals surface area contributed by atoms with E-state index in [-0.39, 0.29) is 18.1 Å². The van der Waals surface area contributed by atoms with E-state index in [1.165, 1.54) is 29.3 Å². The van der Waals surface area contributed by atoms with Gasteiger partial charge in [0.2, 0.25) is 11.8 Å². The van der Waals surface area contributed by atoms with Gasteiger partial charge in [0, 0.05) is 29.2 Å². The van der Waals surface area contributed by atoms with E-state index in [1.54, 1.807) is 24.5 Å². The number of amides is 2. The summed E-state index contributed by atoms with van der Waals surface area (Å²) in [5, 5.41) is 8.76. The molecule has 0 aliphatic rings. The number of urea groups is 1. The van der Waals surface area contributed by atoms with Crippen LogP contribution < -0.4 is 15.3 Å². The molecular formula is C20H14ClF3N7O2+. The summed E-state index contributed by atoms with van der Waals surface area (Å²) >= 11 is 6.06. The highest BCUT2D eigenvalue weighted by atomic mass is 35.5. The van der Waals surface area contributed by atoms with Gasteiger partial charge in [-0.2, -0.15) is 13.2 Å². The Balaban J connectivity index is 1.36. The van der Waals surface area contributed by atoms with Gasteiger partial charge >= 0.3 is 18.1 Å². The van der Waals surface area contributed by atoms with Crippen LogP contribution in [0.2, 0.25) is 5.15 Å². The van der Waals surface area contributed by atoms with Crippen LogP contribution in [-0.4, -0.2) is 26.3 Å². The van der Waals surface area contributed by atoms with Gasteiger partial charge < -0.3 is 5.32 Å². The zero-order valence-electron chi connectivity index (χ0n) is 16.5. The number of aromatic nitrogens is 5. The molecule has 3 aromatic heterocycles. The number of alkyl halides is 3. The first-order valence-corrected chi connectivity index (χ1v) is 9.68. The maximum Gasteiger partial charge on any atom is 0.416 e. The number of anilines is 2. The lowest BCUT2D eigenvalue weighted by molar-refractivity contribution is -0.755. The molecule has 0 fully saturated rings. The van der Waals surface area contributed by atoms with E-state index in [4.69, 9.17) is 16.1 Å². The molecule has 0 unspecified atom stereocenters. The molecule has 0 bridgehead atoms. The number of nitrogens with zero attached hydrogens (tertiary/aromatic N) is 5. The number of nitrogens with one attached hydrogen (secondary N) is 2. The summed E-state index contributed by atoms with van der Waals surface area (Å²) in [7, 11) is 0. The molecule has 4 aromatic rings. The fraction of sp³-hybridized carbons (Fsp3) is 0.100. The molecule has 9 nitrogen and oxygen atoms in total. The van der Waals surface area contributed by atoms with Gasteiger partial charge in [-0.3, -0.25) is 14.8 Å². The molecule has 168 valence electrons. The highest BCUT2D eigenvalue weighted by molar-refractivity contribution is 6.32. The van der Waals surface area contributed by atoms with Crippen LogP contribution >= 0.6 is 11.6 Å². The molecule has 4 rings (SSSR count). The minimum atomic E-state index is -4.52. The van der Waals surface area contributed by atoms with Gasteiger partial charge in [0.25, 0.3) is 6.20 Å². The molecule has 0 spiro atoms. The second-order valence-corrected chi connectivity index (χ2v) is 7.05. The smallest absolute Gasteiger partial charge is 0.308 e. The fourth-order valence-corrected chi connectivity index (χ4v) is 3.01. The molecule has 0 radical (unpaired) electrons. The molecule has 2 amide bonds. The molecule has 0 aliphatic heterocycles. The number of halogens is 4. The lowest BCUT2D eigenvalue weighted by atomic mass is 10.1. The van der Waals surface area contributed by atoms with Crippen molar-refractivity contribution in [2.75, 3.05) is 10.6 Å². The van der Waals surface area contributed by atoms with Gasteiger partial charge in [-0.25, -0.2) is 14.8 Å². The summed E-state index contributed by atoms with van der Waals surface area (Å²) in [6.45, 7) is 0.236. The summed E-state index contributed by atoms with van der Waals surface area (Å²) < 4.78 is 44.8. The maximum absolute atomic E-state index is 12.8. The Morgan fingerprint density at radius 1 is 1.12 bits per heavy atom. The summed E-state index contributed by atoms with van der Waals surface area (Å²) in [5.41, 5.74) is 1.12. The number of rotatable bonds is 5. The number of hydrogen-bond acceptors (Lipinski definition) is 6. The molecule has 1 aromatic carbocycles. The molecule has 0 aliphatic carbocycles. The lowest BCUT2D eigenvalue weighted by Crippen LogP contribution is -2.35. The predicted molar refractivity (Wildman–Crippen MR) is 110 cm³/mol. The molecule has 13 heteroatoms. The maximum atomic E-state index is 12.8. The second-order valence-electron chi connectivity index (χ2n) is 6.69. The minimum absolute atomic E-state index is 0.00990. The molecule has 0 saturated heterocycles. The van der Waals surface area contributed by atoms with E-state index in [1.807, 2.05) is 0 Å². The van der Waals surface area contributed by atoms with E-state index in [0.29, 0.717) is 16.4 Å². The largest absolute Gasteiger partial charge is 0.416 e. The molecule has 0 saturated carbocycles. The first kappa shape index (κ1) is 22.1. The highest BCUT2D eigenvalue weighted by Gasteiger charge is 2.30. The van der Waals surface area contributed by atoms with Gasteiger partial charge in [-0.15, -0.1) is 0 Å². The Morgan fingerprint density at radius 2 is 1.97 bits per heavy atom. The highest BCUT2D eigenvalue weighted by Crippen LogP contribution is 2.30. The number of pyridine rings is 1. The van der Waals surface area contributed by atoms with Crippen molar-refractivity contribution < 1.29 is 27.2 Å². The average Bonchev–Trinajstić information content (AvgIpc) is 3.21. The van der Waals surface area contributed by atoms with Gasteiger partial charge in [-0.05, 0) is 28.9 Å². The van der Waals surface area contributed by atoms with Crippen molar-refractivity contribution >= 4 is 29.2 Å². The van der Waals surface area contributed by atoms with Gasteiger partial charge in [0.15, 0.2) is 0 Å². The third-order valence-corrected chi connectivity index (χ3v) is 4.62. The van der Waals surface area contributed by atoms with E-state index in [0.717, 1.165) is 17.7 Å². The number of carbonyl (C=O) groups is 1. The summed E-state index contributed by atoms with van der Waals surface area (Å²) in [5.74, 6) is -0.00990. The Bertz CT molecular complexity index is 1280. The molecule has 0 atom stereocenters. The van der Waals surface area contributed by atoms with Crippen LogP contribution in [0.15, 0.2) is 65.8 Å². The Labute approximate surface area is 189 Å². The van der Waals surface area contributed by atoms with Crippen LogP contribution in [0, 0.1) is 0 Å². The monoisotopic (exact) mass is 476 g/mol. The standard InChI is InChI=1S/C20H13ClF3N7O2/c21-18-16(8-25-11-27-18)12-4-5-15(26-7-12)9-31-10-17(33-30-31)29-19(32)28-14-3-1-2-13(6-14)20(22,23)24/h1-8,10-11H,9H2,(H-,28,29,30,32)/p+1. The average molecular weight is 477 g/mol. The van der Waals surface area contributed by atoms with Crippen LogP contribution in [0.3, 0.4) is 0 Å². The summed E-state index contributed by atoms with van der Waals surface area (Å²) in [6.07, 6.45) is 1.44. The predicted octanol–water partition coefficient (Wildman–Crippen LogP) is 4.18. The Kier molecular flexibility index (Phi) is 6.18. The topological polar surface area (TPSA) is 110 Å². The van der Waals surface area contributed by atoms with Crippen molar-refractivity contribution in [3.05, 3.63) is 77.7 Å². The molecule has 33 heavy (non-hydrogen) atoms. The normalized spacial score (nSPS) is 11.3. The first-order valence-electron chi connectivity index (χ1n) is 9.30. The summed E-state index contributed by atoms with van der Waals surface area (Å²) in [4.78, 5) is 24.3. The number of benzene rings is 1. The zero-order valence-corrected chi connectivity index (χ0v) is 17.3. The van der Waals surface area contributed by atoms with Crippen LogP contribution in [-0.2, 0) is 12.7 Å². The van der Waals surface area contributed by atoms with Crippen LogP contribution in [0.5, 0.6) is 0 Å². The fourth-order valence-electron chi connectivity index (χ4n) is 2.81. The van der Waals surface area contributed by atoms with Gasteiger partial charge in [-0.1, -0.05) is 23.7 Å². The van der Waals surface area contributed by atoms with Crippen molar-refractivity contribution in [1.82, 2.24) is 20.2 Å². The molecule has 2 N–H and O–H groups in total. The number of hydrogen-bond donors (Lipinski definition) is 2. The van der Waals surface area contributed by atoms with Crippen LogP contribution in [0.4, 0.5) is 29.5 Å².